The van der Waals surface area contributed by atoms with Gasteiger partial charge in [-0.15, -0.1) is 0 Å². The Balaban J connectivity index is 2.32. The minimum atomic E-state index is -4.71. The monoisotopic (exact) mass is 322 g/mol. The first-order chi connectivity index (χ1) is 9.72. The highest BCUT2D eigenvalue weighted by molar-refractivity contribution is 7.89. The second kappa shape index (κ2) is 5.94. The highest BCUT2D eigenvalue weighted by Gasteiger charge is 2.38. The van der Waals surface area contributed by atoms with Gasteiger partial charge in [0, 0.05) is 12.1 Å². The van der Waals surface area contributed by atoms with Crippen LogP contribution in [0.15, 0.2) is 29.2 Å². The van der Waals surface area contributed by atoms with E-state index < -0.39 is 32.7 Å². The van der Waals surface area contributed by atoms with E-state index in [1.807, 2.05) is 6.92 Å². The molecule has 2 rings (SSSR count). The molecule has 8 heteroatoms. The molecule has 1 aliphatic rings. The molecule has 2 atom stereocenters. The zero-order chi connectivity index (χ0) is 15.7. The van der Waals surface area contributed by atoms with Gasteiger partial charge in [0.15, 0.2) is 0 Å². The lowest BCUT2D eigenvalue weighted by Crippen LogP contribution is -2.51. The normalized spacial score (nSPS) is 24.0. The van der Waals surface area contributed by atoms with Crippen molar-refractivity contribution in [2.24, 2.45) is 0 Å². The second-order valence-electron chi connectivity index (χ2n) is 5.11. The van der Waals surface area contributed by atoms with Crippen LogP contribution in [0.3, 0.4) is 0 Å². The predicted molar refractivity (Wildman–Crippen MR) is 72.3 cm³/mol. The molecule has 118 valence electrons. The number of hydrogen-bond donors (Lipinski definition) is 2. The lowest BCUT2D eigenvalue weighted by molar-refractivity contribution is -0.139. The van der Waals surface area contributed by atoms with Crippen LogP contribution in [0.4, 0.5) is 13.2 Å². The average molecular weight is 322 g/mol. The lowest BCUT2D eigenvalue weighted by atomic mass is 10.0. The Kier molecular flexibility index (Phi) is 4.60. The Labute approximate surface area is 121 Å². The molecule has 0 saturated carbocycles. The van der Waals surface area contributed by atoms with Gasteiger partial charge in [-0.3, -0.25) is 0 Å². The number of rotatable bonds is 3. The summed E-state index contributed by atoms with van der Waals surface area (Å²) in [5.41, 5.74) is -1.14. The standard InChI is InChI=1S/C13H17F3N2O2S/c1-9-11(6-4-8-17-9)18-21(19,20)12-7-3-2-5-10(12)13(14,15)16/h2-3,5,7,9,11,17-18H,4,6,8H2,1H3/t9-,11-/m0/s1. The van der Waals surface area contributed by atoms with Crippen LogP contribution in [0.1, 0.15) is 25.3 Å². The largest absolute Gasteiger partial charge is 0.417 e. The number of halogens is 3. The molecule has 0 unspecified atom stereocenters. The zero-order valence-corrected chi connectivity index (χ0v) is 12.3. The van der Waals surface area contributed by atoms with E-state index in [1.54, 1.807) is 0 Å². The van der Waals surface area contributed by atoms with Crippen LogP contribution in [0.2, 0.25) is 0 Å². The second-order valence-corrected chi connectivity index (χ2v) is 6.79. The number of benzene rings is 1. The van der Waals surface area contributed by atoms with Crippen molar-refractivity contribution in [2.45, 2.75) is 42.9 Å². The number of nitrogens with one attached hydrogen (secondary N) is 2. The van der Waals surface area contributed by atoms with Crippen LogP contribution in [-0.4, -0.2) is 27.0 Å². The summed E-state index contributed by atoms with van der Waals surface area (Å²) >= 11 is 0. The molecule has 0 bridgehead atoms. The fourth-order valence-corrected chi connectivity index (χ4v) is 3.98. The maximum atomic E-state index is 12.9. The molecule has 2 N–H and O–H groups in total. The van der Waals surface area contributed by atoms with E-state index in [0.29, 0.717) is 6.42 Å². The molecule has 0 spiro atoms. The van der Waals surface area contributed by atoms with Gasteiger partial charge in [0.1, 0.15) is 0 Å². The summed E-state index contributed by atoms with van der Waals surface area (Å²) in [5, 5.41) is 3.10. The van der Waals surface area contributed by atoms with E-state index in [9.17, 15) is 21.6 Å². The van der Waals surface area contributed by atoms with E-state index in [0.717, 1.165) is 25.1 Å². The molecule has 21 heavy (non-hydrogen) atoms. The van der Waals surface area contributed by atoms with E-state index >= 15 is 0 Å². The van der Waals surface area contributed by atoms with Crippen LogP contribution in [0.5, 0.6) is 0 Å². The third-order valence-electron chi connectivity index (χ3n) is 3.55. The number of piperidine rings is 1. The molecule has 1 heterocycles. The smallest absolute Gasteiger partial charge is 0.313 e. The Hall–Kier alpha value is -1.12. The number of alkyl halides is 3. The SMILES string of the molecule is C[C@@H]1NCCC[C@@H]1NS(=O)(=O)c1ccccc1C(F)(F)F. The Bertz CT molecular complexity index is 602. The first-order valence-corrected chi connectivity index (χ1v) is 8.12. The van der Waals surface area contributed by atoms with Gasteiger partial charge < -0.3 is 5.32 Å². The highest BCUT2D eigenvalue weighted by Crippen LogP contribution is 2.34. The zero-order valence-electron chi connectivity index (χ0n) is 11.4. The van der Waals surface area contributed by atoms with Crippen molar-refractivity contribution in [1.82, 2.24) is 10.0 Å². The first kappa shape index (κ1) is 16.3. The van der Waals surface area contributed by atoms with Crippen molar-refractivity contribution in [3.63, 3.8) is 0 Å². The van der Waals surface area contributed by atoms with E-state index in [4.69, 9.17) is 0 Å². The molecule has 0 amide bonds. The van der Waals surface area contributed by atoms with Crippen LogP contribution >= 0.6 is 0 Å². The predicted octanol–water partition coefficient (Wildman–Crippen LogP) is 2.12. The molecule has 1 fully saturated rings. The van der Waals surface area contributed by atoms with Gasteiger partial charge >= 0.3 is 6.18 Å². The van der Waals surface area contributed by atoms with Gasteiger partial charge in [-0.2, -0.15) is 13.2 Å². The van der Waals surface area contributed by atoms with Crippen molar-refractivity contribution >= 4 is 10.0 Å². The maximum absolute atomic E-state index is 12.9. The third-order valence-corrected chi connectivity index (χ3v) is 5.10. The molecular weight excluding hydrogens is 305 g/mol. The summed E-state index contributed by atoms with van der Waals surface area (Å²) in [5.74, 6) is 0. The van der Waals surface area contributed by atoms with E-state index in [2.05, 4.69) is 10.0 Å². The van der Waals surface area contributed by atoms with Crippen molar-refractivity contribution in [1.29, 1.82) is 0 Å². The van der Waals surface area contributed by atoms with E-state index in [-0.39, 0.29) is 6.04 Å². The third kappa shape index (κ3) is 3.75. The van der Waals surface area contributed by atoms with Crippen LogP contribution in [0.25, 0.3) is 0 Å². The molecule has 0 radical (unpaired) electrons. The summed E-state index contributed by atoms with van der Waals surface area (Å²) in [6, 6.07) is 3.68. The lowest BCUT2D eigenvalue weighted by Gasteiger charge is -2.30. The van der Waals surface area contributed by atoms with Crippen molar-refractivity contribution in [3.8, 4) is 0 Å². The fraction of sp³-hybridized carbons (Fsp3) is 0.538. The summed E-state index contributed by atoms with van der Waals surface area (Å²) < 4.78 is 65.7. The Morgan fingerprint density at radius 3 is 2.57 bits per heavy atom. The van der Waals surface area contributed by atoms with Crippen molar-refractivity contribution in [3.05, 3.63) is 29.8 Å². The molecule has 1 aromatic carbocycles. The van der Waals surface area contributed by atoms with Gasteiger partial charge in [-0.25, -0.2) is 13.1 Å². The summed E-state index contributed by atoms with van der Waals surface area (Å²) in [4.78, 5) is -0.727. The fourth-order valence-electron chi connectivity index (χ4n) is 2.40. The van der Waals surface area contributed by atoms with Crippen LogP contribution in [-0.2, 0) is 16.2 Å². The van der Waals surface area contributed by atoms with Crippen molar-refractivity contribution < 1.29 is 21.6 Å². The van der Waals surface area contributed by atoms with Gasteiger partial charge in [-0.1, -0.05) is 12.1 Å². The molecular formula is C13H17F3N2O2S. The summed E-state index contributed by atoms with van der Waals surface area (Å²) in [7, 11) is -4.22. The van der Waals surface area contributed by atoms with Gasteiger partial charge in [0.05, 0.1) is 10.5 Å². The molecule has 1 aromatic rings. The molecule has 0 aromatic heterocycles. The van der Waals surface area contributed by atoms with E-state index in [1.165, 1.54) is 12.1 Å². The summed E-state index contributed by atoms with van der Waals surface area (Å²) in [6.07, 6.45) is -3.33. The van der Waals surface area contributed by atoms with Crippen molar-refractivity contribution in [2.75, 3.05) is 6.54 Å². The summed E-state index contributed by atoms with van der Waals surface area (Å²) in [6.45, 7) is 2.58. The number of hydrogen-bond acceptors (Lipinski definition) is 3. The minimum absolute atomic E-state index is 0.119. The molecule has 1 aliphatic heterocycles. The van der Waals surface area contributed by atoms with Crippen LogP contribution < -0.4 is 10.0 Å². The number of sulfonamides is 1. The Morgan fingerprint density at radius 2 is 1.95 bits per heavy atom. The van der Waals surface area contributed by atoms with Gasteiger partial charge in [0.2, 0.25) is 10.0 Å². The van der Waals surface area contributed by atoms with Gasteiger partial charge in [0.25, 0.3) is 0 Å². The average Bonchev–Trinajstić information content (AvgIpc) is 2.40. The quantitative estimate of drug-likeness (QED) is 0.896. The highest BCUT2D eigenvalue weighted by atomic mass is 32.2. The topological polar surface area (TPSA) is 58.2 Å². The Morgan fingerprint density at radius 1 is 1.29 bits per heavy atom. The molecule has 4 nitrogen and oxygen atoms in total. The molecule has 0 aliphatic carbocycles. The van der Waals surface area contributed by atoms with Crippen LogP contribution in [0, 0.1) is 0 Å². The maximum Gasteiger partial charge on any atom is 0.417 e. The molecule has 1 saturated heterocycles. The van der Waals surface area contributed by atoms with Gasteiger partial charge in [-0.05, 0) is 38.4 Å². The minimum Gasteiger partial charge on any atom is -0.313 e. The first-order valence-electron chi connectivity index (χ1n) is 6.64.